The molecule has 0 bridgehead atoms. The fourth-order valence-corrected chi connectivity index (χ4v) is 4.64. The molecule has 0 aliphatic carbocycles. The topological polar surface area (TPSA) is 59.8 Å². The summed E-state index contributed by atoms with van der Waals surface area (Å²) < 4.78 is 1.90. The first kappa shape index (κ1) is 22.0. The predicted molar refractivity (Wildman–Crippen MR) is 131 cm³/mol. The third-order valence-electron chi connectivity index (χ3n) is 5.66. The summed E-state index contributed by atoms with van der Waals surface area (Å²) >= 11 is 1.51. The van der Waals surface area contributed by atoms with E-state index in [9.17, 15) is 4.79 Å². The lowest BCUT2D eigenvalue weighted by atomic mass is 10.0. The molecule has 2 heterocycles. The summed E-state index contributed by atoms with van der Waals surface area (Å²) in [7, 11) is 0. The van der Waals surface area contributed by atoms with Crippen LogP contribution in [0.2, 0.25) is 0 Å². The van der Waals surface area contributed by atoms with Crippen LogP contribution in [0.3, 0.4) is 0 Å². The van der Waals surface area contributed by atoms with Crippen LogP contribution in [0.25, 0.3) is 5.13 Å². The Morgan fingerprint density at radius 1 is 1.00 bits per heavy atom. The molecule has 32 heavy (non-hydrogen) atoms. The number of nitrogens with one attached hydrogen (secondary N) is 1. The Morgan fingerprint density at radius 3 is 2.44 bits per heavy atom. The van der Waals surface area contributed by atoms with Gasteiger partial charge in [0, 0.05) is 28.7 Å². The number of thiazole rings is 1. The van der Waals surface area contributed by atoms with E-state index in [1.54, 1.807) is 0 Å². The summed E-state index contributed by atoms with van der Waals surface area (Å²) in [6, 6.07) is 14.6. The first-order valence-corrected chi connectivity index (χ1v) is 11.6. The molecule has 0 radical (unpaired) electrons. The summed E-state index contributed by atoms with van der Waals surface area (Å²) in [4.78, 5) is 17.2. The van der Waals surface area contributed by atoms with Crippen LogP contribution in [-0.2, 0) is 17.6 Å². The third kappa shape index (κ3) is 4.81. The number of anilines is 1. The first-order chi connectivity index (χ1) is 15.3. The Balaban J connectivity index is 1.48. The second kappa shape index (κ2) is 9.09. The van der Waals surface area contributed by atoms with Crippen molar-refractivity contribution in [3.63, 3.8) is 0 Å². The number of rotatable bonds is 6. The minimum atomic E-state index is -0.0674. The molecule has 4 rings (SSSR count). The highest BCUT2D eigenvalue weighted by Gasteiger charge is 2.17. The van der Waals surface area contributed by atoms with Gasteiger partial charge in [-0.15, -0.1) is 11.3 Å². The molecule has 0 aliphatic heterocycles. The van der Waals surface area contributed by atoms with Gasteiger partial charge in [-0.05, 0) is 51.8 Å². The lowest BCUT2D eigenvalue weighted by Crippen LogP contribution is -2.15. The minimum absolute atomic E-state index is 0.0674. The van der Waals surface area contributed by atoms with E-state index in [2.05, 4.69) is 49.5 Å². The van der Waals surface area contributed by atoms with Gasteiger partial charge in [0.2, 0.25) is 11.0 Å². The molecule has 4 aromatic rings. The van der Waals surface area contributed by atoms with Crippen LogP contribution in [0.4, 0.5) is 5.69 Å². The number of hydrogen-bond donors (Lipinski definition) is 1. The number of benzene rings is 2. The number of hydrogen-bond acceptors (Lipinski definition) is 4. The molecule has 0 aliphatic rings. The van der Waals surface area contributed by atoms with Crippen LogP contribution >= 0.6 is 11.3 Å². The zero-order valence-electron chi connectivity index (χ0n) is 19.2. The lowest BCUT2D eigenvalue weighted by Gasteiger charge is -2.08. The highest BCUT2D eigenvalue weighted by molar-refractivity contribution is 7.12. The monoisotopic (exact) mass is 444 g/mol. The van der Waals surface area contributed by atoms with Crippen LogP contribution in [0, 0.1) is 34.6 Å². The molecular formula is C26H28N4OS. The van der Waals surface area contributed by atoms with Gasteiger partial charge >= 0.3 is 0 Å². The zero-order valence-corrected chi connectivity index (χ0v) is 20.0. The summed E-state index contributed by atoms with van der Waals surface area (Å²) in [5.74, 6) is -0.0674. The van der Waals surface area contributed by atoms with Crippen molar-refractivity contribution in [1.82, 2.24) is 14.8 Å². The summed E-state index contributed by atoms with van der Waals surface area (Å²) in [5, 5.41) is 10.5. The Hall–Kier alpha value is -3.25. The van der Waals surface area contributed by atoms with Gasteiger partial charge in [-0.3, -0.25) is 4.79 Å². The average Bonchev–Trinajstić information content (AvgIpc) is 3.31. The van der Waals surface area contributed by atoms with E-state index in [1.165, 1.54) is 33.6 Å². The summed E-state index contributed by atoms with van der Waals surface area (Å²) in [5.41, 5.74) is 9.67. The van der Waals surface area contributed by atoms with Crippen molar-refractivity contribution in [1.29, 1.82) is 0 Å². The van der Waals surface area contributed by atoms with Gasteiger partial charge in [-0.25, -0.2) is 9.67 Å². The fraction of sp³-hybridized carbons (Fsp3) is 0.269. The molecule has 0 saturated carbocycles. The largest absolute Gasteiger partial charge is 0.326 e. The molecule has 1 N–H and O–H groups in total. The van der Waals surface area contributed by atoms with Crippen molar-refractivity contribution in [2.45, 2.75) is 47.5 Å². The highest BCUT2D eigenvalue weighted by atomic mass is 32.1. The van der Waals surface area contributed by atoms with Crippen LogP contribution in [0.1, 0.15) is 44.9 Å². The predicted octanol–water partition coefficient (Wildman–Crippen LogP) is 5.64. The Bertz CT molecular complexity index is 1270. The van der Waals surface area contributed by atoms with Gasteiger partial charge in [0.05, 0.1) is 17.8 Å². The van der Waals surface area contributed by atoms with E-state index in [0.29, 0.717) is 0 Å². The molecule has 164 valence electrons. The van der Waals surface area contributed by atoms with Gasteiger partial charge in [0.1, 0.15) is 0 Å². The molecule has 1 amide bonds. The molecule has 2 aromatic carbocycles. The Morgan fingerprint density at radius 2 is 1.72 bits per heavy atom. The lowest BCUT2D eigenvalue weighted by molar-refractivity contribution is -0.115. The normalized spacial score (nSPS) is 11.0. The maximum Gasteiger partial charge on any atom is 0.230 e. The second-order valence-corrected chi connectivity index (χ2v) is 9.22. The first-order valence-electron chi connectivity index (χ1n) is 10.7. The summed E-state index contributed by atoms with van der Waals surface area (Å²) in [6.07, 6.45) is 1.08. The van der Waals surface area contributed by atoms with Crippen molar-refractivity contribution >= 4 is 22.9 Å². The van der Waals surface area contributed by atoms with E-state index in [4.69, 9.17) is 10.1 Å². The van der Waals surface area contributed by atoms with Crippen LogP contribution in [-0.4, -0.2) is 20.7 Å². The number of amides is 1. The van der Waals surface area contributed by atoms with Gasteiger partial charge in [0.25, 0.3) is 0 Å². The Labute approximate surface area is 193 Å². The minimum Gasteiger partial charge on any atom is -0.326 e. The maximum absolute atomic E-state index is 12.5. The summed E-state index contributed by atoms with van der Waals surface area (Å²) in [6.45, 7) is 10.3. The van der Waals surface area contributed by atoms with Crippen molar-refractivity contribution in [3.05, 3.63) is 92.7 Å². The SMILES string of the molecule is Cc1ccc(Cc2c(C)nn(-c3nc(CC(=O)Nc4ccc(C)cc4C)cs3)c2C)cc1. The van der Waals surface area contributed by atoms with Crippen molar-refractivity contribution in [2.75, 3.05) is 5.32 Å². The second-order valence-electron chi connectivity index (χ2n) is 8.39. The van der Waals surface area contributed by atoms with E-state index in [1.807, 2.05) is 43.0 Å². The van der Waals surface area contributed by atoms with Gasteiger partial charge in [-0.1, -0.05) is 47.5 Å². The number of carbonyl (C=O) groups excluding carboxylic acids is 1. The number of aromatic nitrogens is 3. The standard InChI is InChI=1S/C26H28N4OS/c1-16-6-9-21(10-7-16)13-23-19(4)29-30(20(23)5)26-27-22(15-32-26)14-25(31)28-24-11-8-17(2)12-18(24)3/h6-12,15H,13-14H2,1-5H3,(H,28,31). The van der Waals surface area contributed by atoms with Gasteiger partial charge in [0.15, 0.2) is 0 Å². The van der Waals surface area contributed by atoms with Crippen molar-refractivity contribution in [3.8, 4) is 5.13 Å². The van der Waals surface area contributed by atoms with Gasteiger partial charge in [-0.2, -0.15) is 5.10 Å². The van der Waals surface area contributed by atoms with E-state index in [0.717, 1.165) is 39.9 Å². The molecule has 5 nitrogen and oxygen atoms in total. The number of nitrogens with zero attached hydrogens (tertiary/aromatic N) is 3. The van der Waals surface area contributed by atoms with Crippen LogP contribution in [0.5, 0.6) is 0 Å². The van der Waals surface area contributed by atoms with Gasteiger partial charge < -0.3 is 5.32 Å². The van der Waals surface area contributed by atoms with Crippen molar-refractivity contribution < 1.29 is 4.79 Å². The van der Waals surface area contributed by atoms with Crippen molar-refractivity contribution in [2.24, 2.45) is 0 Å². The van der Waals surface area contributed by atoms with E-state index < -0.39 is 0 Å². The van der Waals surface area contributed by atoms with E-state index >= 15 is 0 Å². The molecule has 6 heteroatoms. The molecule has 0 atom stereocenters. The molecular weight excluding hydrogens is 416 g/mol. The van der Waals surface area contributed by atoms with Crippen LogP contribution < -0.4 is 5.32 Å². The quantitative estimate of drug-likeness (QED) is 0.418. The molecule has 0 spiro atoms. The molecule has 0 fully saturated rings. The smallest absolute Gasteiger partial charge is 0.230 e. The molecule has 0 saturated heterocycles. The zero-order chi connectivity index (χ0) is 22.8. The maximum atomic E-state index is 12.5. The average molecular weight is 445 g/mol. The number of aryl methyl sites for hydroxylation is 4. The third-order valence-corrected chi connectivity index (χ3v) is 6.53. The highest BCUT2D eigenvalue weighted by Crippen LogP contribution is 2.24. The molecule has 0 unspecified atom stereocenters. The van der Waals surface area contributed by atoms with E-state index in [-0.39, 0.29) is 12.3 Å². The molecule has 2 aromatic heterocycles. The Kier molecular flexibility index (Phi) is 6.24. The fourth-order valence-electron chi connectivity index (χ4n) is 3.81. The number of carbonyl (C=O) groups is 1. The van der Waals surface area contributed by atoms with Crippen LogP contribution in [0.15, 0.2) is 47.8 Å².